The molecule has 0 aliphatic carbocycles. The van der Waals surface area contributed by atoms with Crippen LogP contribution in [0.1, 0.15) is 17.5 Å². The number of methoxy groups -OCH3 is 1. The van der Waals surface area contributed by atoms with Crippen molar-refractivity contribution in [3.63, 3.8) is 0 Å². The van der Waals surface area contributed by atoms with Gasteiger partial charge in [0.1, 0.15) is 24.0 Å². The molecule has 0 spiro atoms. The Bertz CT molecular complexity index is 932. The Kier molecular flexibility index (Phi) is 6.37. The molecule has 0 aliphatic rings. The number of esters is 1. The van der Waals surface area contributed by atoms with Crippen LogP contribution in [-0.2, 0) is 22.6 Å². The maximum absolute atomic E-state index is 14.0. The predicted octanol–water partition coefficient (Wildman–Crippen LogP) is 5.32. The molecule has 0 saturated heterocycles. The molecule has 28 heavy (non-hydrogen) atoms. The molecule has 3 aromatic rings. The second-order valence-electron chi connectivity index (χ2n) is 6.31. The van der Waals surface area contributed by atoms with E-state index in [0.29, 0.717) is 24.2 Å². The average molecular weight is 382 g/mol. The van der Waals surface area contributed by atoms with E-state index in [1.165, 1.54) is 25.3 Å². The van der Waals surface area contributed by atoms with Crippen LogP contribution in [0.5, 0.6) is 5.75 Å². The van der Waals surface area contributed by atoms with Gasteiger partial charge in [0.05, 0.1) is 12.7 Å². The van der Waals surface area contributed by atoms with Gasteiger partial charge in [-0.25, -0.2) is 8.78 Å². The number of benzene rings is 3. The van der Waals surface area contributed by atoms with E-state index in [0.717, 1.165) is 11.1 Å². The van der Waals surface area contributed by atoms with Gasteiger partial charge in [-0.1, -0.05) is 36.4 Å². The first-order valence-corrected chi connectivity index (χ1v) is 8.88. The van der Waals surface area contributed by atoms with Crippen LogP contribution in [0.4, 0.5) is 8.78 Å². The summed E-state index contributed by atoms with van der Waals surface area (Å²) in [5.74, 6) is -0.767. The Morgan fingerprint density at radius 3 is 2.25 bits per heavy atom. The van der Waals surface area contributed by atoms with Gasteiger partial charge in [-0.2, -0.15) is 0 Å². The SMILES string of the molecule is COC(=O)CCc1ccc(OCc2cccc(-c3c(F)cccc3F)c2)cc1. The van der Waals surface area contributed by atoms with Gasteiger partial charge in [0.25, 0.3) is 0 Å². The van der Waals surface area contributed by atoms with Gasteiger partial charge in [0.2, 0.25) is 0 Å². The lowest BCUT2D eigenvalue weighted by Gasteiger charge is -2.10. The van der Waals surface area contributed by atoms with Crippen molar-refractivity contribution in [1.82, 2.24) is 0 Å². The van der Waals surface area contributed by atoms with E-state index < -0.39 is 11.6 Å². The summed E-state index contributed by atoms with van der Waals surface area (Å²) in [5, 5.41) is 0. The minimum Gasteiger partial charge on any atom is -0.489 e. The normalized spacial score (nSPS) is 10.5. The van der Waals surface area contributed by atoms with Gasteiger partial charge in [-0.3, -0.25) is 4.79 Å². The van der Waals surface area contributed by atoms with Gasteiger partial charge < -0.3 is 9.47 Å². The molecular formula is C23H20F2O3. The highest BCUT2D eigenvalue weighted by atomic mass is 19.1. The van der Waals surface area contributed by atoms with E-state index in [2.05, 4.69) is 4.74 Å². The zero-order valence-corrected chi connectivity index (χ0v) is 15.5. The van der Waals surface area contributed by atoms with E-state index in [1.54, 1.807) is 18.2 Å². The number of carbonyl (C=O) groups is 1. The number of rotatable bonds is 7. The second-order valence-corrected chi connectivity index (χ2v) is 6.31. The lowest BCUT2D eigenvalue weighted by Crippen LogP contribution is -2.02. The number of hydrogen-bond donors (Lipinski definition) is 0. The third kappa shape index (κ3) is 4.94. The molecule has 0 bridgehead atoms. The Morgan fingerprint density at radius 1 is 0.893 bits per heavy atom. The van der Waals surface area contributed by atoms with Crippen molar-refractivity contribution < 1.29 is 23.0 Å². The van der Waals surface area contributed by atoms with Crippen molar-refractivity contribution >= 4 is 5.97 Å². The van der Waals surface area contributed by atoms with Gasteiger partial charge in [0.15, 0.2) is 0 Å². The third-order valence-corrected chi connectivity index (χ3v) is 4.35. The van der Waals surface area contributed by atoms with Gasteiger partial charge >= 0.3 is 5.97 Å². The van der Waals surface area contributed by atoms with Crippen LogP contribution in [0.3, 0.4) is 0 Å². The second kappa shape index (κ2) is 9.13. The summed E-state index contributed by atoms with van der Waals surface area (Å²) in [6, 6.07) is 18.2. The zero-order chi connectivity index (χ0) is 19.9. The average Bonchev–Trinajstić information content (AvgIpc) is 2.71. The van der Waals surface area contributed by atoms with Crippen molar-refractivity contribution in [2.75, 3.05) is 7.11 Å². The molecule has 0 amide bonds. The van der Waals surface area contributed by atoms with Gasteiger partial charge in [-0.15, -0.1) is 0 Å². The molecule has 3 rings (SSSR count). The van der Waals surface area contributed by atoms with Crippen molar-refractivity contribution in [2.45, 2.75) is 19.4 Å². The van der Waals surface area contributed by atoms with E-state index >= 15 is 0 Å². The highest BCUT2D eigenvalue weighted by molar-refractivity contribution is 5.69. The van der Waals surface area contributed by atoms with Crippen molar-refractivity contribution in [1.29, 1.82) is 0 Å². The Hall–Kier alpha value is -3.21. The molecule has 0 heterocycles. The van der Waals surface area contributed by atoms with Crippen molar-refractivity contribution in [3.05, 3.63) is 89.5 Å². The van der Waals surface area contributed by atoms with Crippen LogP contribution < -0.4 is 4.74 Å². The topological polar surface area (TPSA) is 35.5 Å². The number of halogens is 2. The summed E-state index contributed by atoms with van der Waals surface area (Å²) >= 11 is 0. The minimum absolute atomic E-state index is 0.0423. The Morgan fingerprint density at radius 2 is 1.57 bits per heavy atom. The molecular weight excluding hydrogens is 362 g/mol. The Balaban J connectivity index is 1.64. The predicted molar refractivity (Wildman–Crippen MR) is 103 cm³/mol. The molecule has 144 valence electrons. The van der Waals surface area contributed by atoms with Crippen LogP contribution >= 0.6 is 0 Å². The fourth-order valence-corrected chi connectivity index (χ4v) is 2.86. The molecule has 0 aromatic heterocycles. The van der Waals surface area contributed by atoms with E-state index in [-0.39, 0.29) is 18.1 Å². The molecule has 0 saturated carbocycles. The molecule has 5 heteroatoms. The van der Waals surface area contributed by atoms with E-state index in [4.69, 9.17) is 4.74 Å². The number of hydrogen-bond acceptors (Lipinski definition) is 3. The molecule has 0 aliphatic heterocycles. The quantitative estimate of drug-likeness (QED) is 0.519. The summed E-state index contributed by atoms with van der Waals surface area (Å²) < 4.78 is 38.4. The molecule has 0 radical (unpaired) electrons. The van der Waals surface area contributed by atoms with E-state index in [1.807, 2.05) is 30.3 Å². The van der Waals surface area contributed by atoms with Crippen LogP contribution in [-0.4, -0.2) is 13.1 Å². The van der Waals surface area contributed by atoms with Crippen LogP contribution in [0, 0.1) is 11.6 Å². The molecule has 3 nitrogen and oxygen atoms in total. The molecule has 0 unspecified atom stereocenters. The van der Waals surface area contributed by atoms with Crippen LogP contribution in [0.25, 0.3) is 11.1 Å². The summed E-state index contributed by atoms with van der Waals surface area (Å²) in [5.41, 5.74) is 2.24. The van der Waals surface area contributed by atoms with Crippen LogP contribution in [0.15, 0.2) is 66.7 Å². The third-order valence-electron chi connectivity index (χ3n) is 4.35. The first-order valence-electron chi connectivity index (χ1n) is 8.88. The summed E-state index contributed by atoms with van der Waals surface area (Å²) in [6.07, 6.45) is 0.930. The fourth-order valence-electron chi connectivity index (χ4n) is 2.86. The highest BCUT2D eigenvalue weighted by Gasteiger charge is 2.11. The summed E-state index contributed by atoms with van der Waals surface area (Å²) in [7, 11) is 1.37. The smallest absolute Gasteiger partial charge is 0.305 e. The van der Waals surface area contributed by atoms with Gasteiger partial charge in [0, 0.05) is 6.42 Å². The lowest BCUT2D eigenvalue weighted by molar-refractivity contribution is -0.140. The highest BCUT2D eigenvalue weighted by Crippen LogP contribution is 2.27. The molecule has 3 aromatic carbocycles. The first kappa shape index (κ1) is 19.5. The fraction of sp³-hybridized carbons (Fsp3) is 0.174. The van der Waals surface area contributed by atoms with E-state index in [9.17, 15) is 13.6 Å². The lowest BCUT2D eigenvalue weighted by atomic mass is 10.0. The van der Waals surface area contributed by atoms with Gasteiger partial charge in [-0.05, 0) is 53.4 Å². The number of carbonyl (C=O) groups excluding carboxylic acids is 1. The number of aryl methyl sites for hydroxylation is 1. The molecule has 0 fully saturated rings. The summed E-state index contributed by atoms with van der Waals surface area (Å²) in [4.78, 5) is 11.2. The standard InChI is InChI=1S/C23H20F2O3/c1-27-22(26)13-10-16-8-11-19(12-9-16)28-15-17-4-2-5-18(14-17)23-20(24)6-3-7-21(23)25/h2-9,11-12,14H,10,13,15H2,1H3. The molecule has 0 N–H and O–H groups in total. The largest absolute Gasteiger partial charge is 0.489 e. The zero-order valence-electron chi connectivity index (χ0n) is 15.5. The minimum atomic E-state index is -0.597. The first-order chi connectivity index (χ1) is 13.6. The van der Waals surface area contributed by atoms with Crippen molar-refractivity contribution in [3.8, 4) is 16.9 Å². The monoisotopic (exact) mass is 382 g/mol. The van der Waals surface area contributed by atoms with Crippen molar-refractivity contribution in [2.24, 2.45) is 0 Å². The Labute approximate surface area is 162 Å². The van der Waals surface area contributed by atoms with Crippen LogP contribution in [0.2, 0.25) is 0 Å². The molecule has 0 atom stereocenters. The summed E-state index contributed by atoms with van der Waals surface area (Å²) in [6.45, 7) is 0.269. The maximum Gasteiger partial charge on any atom is 0.305 e. The number of ether oxygens (including phenoxy) is 2. The maximum atomic E-state index is 14.0.